The van der Waals surface area contributed by atoms with E-state index in [1.54, 1.807) is 24.3 Å². The molecule has 2 aromatic rings. The second-order valence-corrected chi connectivity index (χ2v) is 6.35. The molecule has 3 rings (SSSR count). The minimum Gasteiger partial charge on any atom is -0.484 e. The normalized spacial score (nSPS) is 12.1. The fourth-order valence-corrected chi connectivity index (χ4v) is 2.96. The van der Waals surface area contributed by atoms with Gasteiger partial charge < -0.3 is 21.1 Å². The summed E-state index contributed by atoms with van der Waals surface area (Å²) >= 11 is 0. The maximum Gasteiger partial charge on any atom is 0.262 e. The number of hydrogen-bond acceptors (Lipinski definition) is 4. The Hall–Kier alpha value is -3.35. The van der Waals surface area contributed by atoms with Gasteiger partial charge in [-0.15, -0.1) is 0 Å². The molecular weight excluding hydrogens is 346 g/mol. The number of fused-ring (bicyclic) bond motifs is 1. The fourth-order valence-electron chi connectivity index (χ4n) is 2.96. The Labute approximate surface area is 156 Å². The molecule has 7 nitrogen and oxygen atoms in total. The third-order valence-electron chi connectivity index (χ3n) is 4.29. The third kappa shape index (κ3) is 5.07. The maximum atomic E-state index is 12.0. The van der Waals surface area contributed by atoms with Gasteiger partial charge in [0.25, 0.3) is 11.8 Å². The van der Waals surface area contributed by atoms with Crippen LogP contribution in [0.5, 0.6) is 5.75 Å². The van der Waals surface area contributed by atoms with Crippen molar-refractivity contribution in [3.8, 4) is 5.75 Å². The molecule has 0 heterocycles. The van der Waals surface area contributed by atoms with Crippen LogP contribution in [0, 0.1) is 0 Å². The lowest BCUT2D eigenvalue weighted by molar-refractivity contribution is -0.118. The van der Waals surface area contributed by atoms with E-state index in [4.69, 9.17) is 10.5 Å². The summed E-state index contributed by atoms with van der Waals surface area (Å²) in [5, 5.41) is 5.11. The van der Waals surface area contributed by atoms with Crippen molar-refractivity contribution in [1.82, 2.24) is 5.32 Å². The number of hydrogen-bond donors (Lipinski definition) is 3. The lowest BCUT2D eigenvalue weighted by atomic mass is 10.1. The van der Waals surface area contributed by atoms with E-state index in [0.29, 0.717) is 17.0 Å². The highest BCUT2D eigenvalue weighted by molar-refractivity contribution is 5.97. The fraction of sp³-hybridized carbons (Fsp3) is 0.250. The predicted molar refractivity (Wildman–Crippen MR) is 101 cm³/mol. The molecule has 0 spiro atoms. The summed E-state index contributed by atoms with van der Waals surface area (Å²) in [5.41, 5.74) is 8.54. The van der Waals surface area contributed by atoms with Gasteiger partial charge in [-0.3, -0.25) is 14.4 Å². The van der Waals surface area contributed by atoms with Crippen molar-refractivity contribution < 1.29 is 19.1 Å². The Bertz CT molecular complexity index is 862. The molecule has 0 radical (unpaired) electrons. The highest BCUT2D eigenvalue weighted by Crippen LogP contribution is 2.26. The molecule has 140 valence electrons. The predicted octanol–water partition coefficient (Wildman–Crippen LogP) is 1.41. The summed E-state index contributed by atoms with van der Waals surface area (Å²) in [6.45, 7) is -0.322. The Morgan fingerprint density at radius 1 is 1.00 bits per heavy atom. The maximum absolute atomic E-state index is 12.0. The summed E-state index contributed by atoms with van der Waals surface area (Å²) in [5.74, 6) is -0.629. The Morgan fingerprint density at radius 3 is 2.48 bits per heavy atom. The Balaban J connectivity index is 1.49. The van der Waals surface area contributed by atoms with Gasteiger partial charge in [-0.25, -0.2) is 0 Å². The first-order valence-electron chi connectivity index (χ1n) is 8.72. The van der Waals surface area contributed by atoms with E-state index in [1.165, 1.54) is 11.1 Å². The van der Waals surface area contributed by atoms with Crippen LogP contribution in [0.3, 0.4) is 0 Å². The number of rotatable bonds is 7. The third-order valence-corrected chi connectivity index (χ3v) is 4.29. The van der Waals surface area contributed by atoms with Gasteiger partial charge in [-0.1, -0.05) is 6.07 Å². The van der Waals surface area contributed by atoms with E-state index in [9.17, 15) is 14.4 Å². The summed E-state index contributed by atoms with van der Waals surface area (Å²) in [6.07, 6.45) is 3.32. The van der Waals surface area contributed by atoms with E-state index in [2.05, 4.69) is 16.7 Å². The minimum atomic E-state index is -0.615. The quantitative estimate of drug-likeness (QED) is 0.687. The summed E-state index contributed by atoms with van der Waals surface area (Å²) in [6, 6.07) is 12.2. The molecule has 1 aliphatic rings. The second kappa shape index (κ2) is 8.35. The van der Waals surface area contributed by atoms with Gasteiger partial charge in [0, 0.05) is 11.3 Å². The second-order valence-electron chi connectivity index (χ2n) is 6.35. The van der Waals surface area contributed by atoms with E-state index in [0.717, 1.165) is 19.3 Å². The number of nitrogens with one attached hydrogen (secondary N) is 2. The number of anilines is 1. The molecule has 0 bridgehead atoms. The monoisotopic (exact) mass is 367 g/mol. The van der Waals surface area contributed by atoms with Gasteiger partial charge in [-0.2, -0.15) is 0 Å². The zero-order chi connectivity index (χ0) is 19.2. The highest BCUT2D eigenvalue weighted by Gasteiger charge is 2.12. The van der Waals surface area contributed by atoms with Crippen LogP contribution in [-0.4, -0.2) is 30.9 Å². The van der Waals surface area contributed by atoms with Crippen molar-refractivity contribution in [3.05, 3.63) is 59.2 Å². The molecule has 0 saturated carbocycles. The number of carbonyl (C=O) groups excluding carboxylic acids is 3. The van der Waals surface area contributed by atoms with Gasteiger partial charge in [-0.05, 0) is 66.8 Å². The van der Waals surface area contributed by atoms with Crippen molar-refractivity contribution in [2.75, 3.05) is 18.5 Å². The average Bonchev–Trinajstić information content (AvgIpc) is 3.13. The smallest absolute Gasteiger partial charge is 0.262 e. The first-order valence-corrected chi connectivity index (χ1v) is 8.72. The molecule has 4 N–H and O–H groups in total. The first kappa shape index (κ1) is 18.4. The van der Waals surface area contributed by atoms with Gasteiger partial charge in [0.15, 0.2) is 6.61 Å². The molecule has 0 saturated heterocycles. The zero-order valence-electron chi connectivity index (χ0n) is 14.8. The summed E-state index contributed by atoms with van der Waals surface area (Å²) in [4.78, 5) is 34.5. The molecule has 2 aromatic carbocycles. The van der Waals surface area contributed by atoms with Crippen LogP contribution in [0.2, 0.25) is 0 Å². The molecule has 0 fully saturated rings. The van der Waals surface area contributed by atoms with Gasteiger partial charge in [0.1, 0.15) is 5.75 Å². The molecule has 0 unspecified atom stereocenters. The number of primary amides is 1. The topological polar surface area (TPSA) is 111 Å². The van der Waals surface area contributed by atoms with E-state index >= 15 is 0 Å². The summed E-state index contributed by atoms with van der Waals surface area (Å²) < 4.78 is 5.56. The lowest BCUT2D eigenvalue weighted by Crippen LogP contribution is -2.33. The van der Waals surface area contributed by atoms with Crippen LogP contribution in [-0.2, 0) is 22.4 Å². The van der Waals surface area contributed by atoms with E-state index in [-0.39, 0.29) is 19.1 Å². The molecule has 27 heavy (non-hydrogen) atoms. The highest BCUT2D eigenvalue weighted by atomic mass is 16.5. The number of amides is 3. The van der Waals surface area contributed by atoms with Crippen LogP contribution in [0.1, 0.15) is 27.9 Å². The molecule has 7 heteroatoms. The van der Waals surface area contributed by atoms with Crippen LogP contribution in [0.15, 0.2) is 42.5 Å². The number of benzene rings is 2. The zero-order valence-corrected chi connectivity index (χ0v) is 14.8. The molecule has 0 atom stereocenters. The van der Waals surface area contributed by atoms with Crippen molar-refractivity contribution in [3.63, 3.8) is 0 Å². The molecule has 0 aliphatic heterocycles. The Kier molecular flexibility index (Phi) is 5.71. The minimum absolute atomic E-state index is 0.0976. The molecule has 0 aromatic heterocycles. The van der Waals surface area contributed by atoms with Crippen molar-refractivity contribution in [1.29, 1.82) is 0 Å². The van der Waals surface area contributed by atoms with E-state index < -0.39 is 11.8 Å². The van der Waals surface area contributed by atoms with Gasteiger partial charge in [0.05, 0.1) is 6.54 Å². The largest absolute Gasteiger partial charge is 0.484 e. The average molecular weight is 367 g/mol. The van der Waals surface area contributed by atoms with Crippen molar-refractivity contribution in [2.24, 2.45) is 5.73 Å². The van der Waals surface area contributed by atoms with Crippen molar-refractivity contribution >= 4 is 23.4 Å². The van der Waals surface area contributed by atoms with Crippen LogP contribution >= 0.6 is 0 Å². The van der Waals surface area contributed by atoms with Crippen LogP contribution in [0.4, 0.5) is 5.69 Å². The van der Waals surface area contributed by atoms with Crippen LogP contribution in [0.25, 0.3) is 0 Å². The molecular formula is C20H21N3O4. The number of carbonyl (C=O) groups is 3. The van der Waals surface area contributed by atoms with Crippen molar-refractivity contribution in [2.45, 2.75) is 19.3 Å². The standard InChI is InChI=1S/C20H21N3O4/c21-18(24)11-22-20(26)14-4-7-16(8-5-14)23-19(25)12-27-17-9-6-13-2-1-3-15(13)10-17/h4-10H,1-3,11-12H2,(H2,21,24)(H,22,26)(H,23,25). The number of nitrogens with two attached hydrogens (primary N) is 1. The lowest BCUT2D eigenvalue weighted by Gasteiger charge is -2.09. The van der Waals surface area contributed by atoms with Gasteiger partial charge >= 0.3 is 0 Å². The Morgan fingerprint density at radius 2 is 1.74 bits per heavy atom. The SMILES string of the molecule is NC(=O)CNC(=O)c1ccc(NC(=O)COc2ccc3c(c2)CCC3)cc1. The first-order chi connectivity index (χ1) is 13.0. The molecule has 1 aliphatic carbocycles. The number of ether oxygens (including phenoxy) is 1. The summed E-state index contributed by atoms with van der Waals surface area (Å²) in [7, 11) is 0. The number of aryl methyl sites for hydroxylation is 2. The van der Waals surface area contributed by atoms with E-state index in [1.807, 2.05) is 12.1 Å². The van der Waals surface area contributed by atoms with Gasteiger partial charge in [0.2, 0.25) is 5.91 Å². The molecule has 3 amide bonds. The van der Waals surface area contributed by atoms with Crippen LogP contribution < -0.4 is 21.1 Å².